The monoisotopic (exact) mass is 285 g/mol. The topological polar surface area (TPSA) is 30.5 Å². The zero-order valence-corrected chi connectivity index (χ0v) is 13.1. The summed E-state index contributed by atoms with van der Waals surface area (Å²) in [5.74, 6) is 1.62. The summed E-state index contributed by atoms with van der Waals surface area (Å²) < 4.78 is 10.8. The van der Waals surface area contributed by atoms with E-state index in [1.165, 1.54) is 5.56 Å². The second-order valence-corrected chi connectivity index (χ2v) is 4.94. The number of ether oxygens (including phenoxy) is 2. The molecule has 2 aromatic rings. The first-order chi connectivity index (χ1) is 10.2. The van der Waals surface area contributed by atoms with E-state index in [0.29, 0.717) is 6.04 Å². The van der Waals surface area contributed by atoms with Crippen LogP contribution in [0.25, 0.3) is 11.1 Å². The van der Waals surface area contributed by atoms with Crippen molar-refractivity contribution in [2.24, 2.45) is 0 Å². The molecule has 0 heterocycles. The van der Waals surface area contributed by atoms with E-state index in [1.54, 1.807) is 14.2 Å². The van der Waals surface area contributed by atoms with Crippen LogP contribution < -0.4 is 14.8 Å². The van der Waals surface area contributed by atoms with Gasteiger partial charge in [-0.3, -0.25) is 0 Å². The molecule has 1 N–H and O–H groups in total. The Balaban J connectivity index is 2.44. The van der Waals surface area contributed by atoms with Crippen molar-refractivity contribution in [2.45, 2.75) is 19.4 Å². The summed E-state index contributed by atoms with van der Waals surface area (Å²) in [5, 5.41) is 3.34. The summed E-state index contributed by atoms with van der Waals surface area (Å²) in [4.78, 5) is 0. The lowest BCUT2D eigenvalue weighted by molar-refractivity contribution is 0.395. The molecule has 0 aliphatic carbocycles. The standard InChI is InChI=1S/C18H23NO2/c1-5-17(19-2)14-8-6-7-13(11-14)16-10-9-15(20-3)12-18(16)21-4/h6-12,17,19H,5H2,1-4H3. The maximum atomic E-state index is 5.50. The molecule has 1 atom stereocenters. The van der Waals surface area contributed by atoms with Gasteiger partial charge in [-0.2, -0.15) is 0 Å². The third kappa shape index (κ3) is 3.37. The summed E-state index contributed by atoms with van der Waals surface area (Å²) in [6.45, 7) is 2.18. The third-order valence-electron chi connectivity index (χ3n) is 3.77. The van der Waals surface area contributed by atoms with Crippen molar-refractivity contribution in [3.05, 3.63) is 48.0 Å². The van der Waals surface area contributed by atoms with Crippen LogP contribution in [0, 0.1) is 0 Å². The van der Waals surface area contributed by atoms with Crippen LogP contribution in [0.4, 0.5) is 0 Å². The minimum Gasteiger partial charge on any atom is -0.497 e. The van der Waals surface area contributed by atoms with Crippen LogP contribution in [0.2, 0.25) is 0 Å². The highest BCUT2D eigenvalue weighted by Crippen LogP contribution is 2.34. The molecule has 1 unspecified atom stereocenters. The predicted octanol–water partition coefficient (Wildman–Crippen LogP) is 4.04. The number of benzene rings is 2. The Hall–Kier alpha value is -2.00. The van der Waals surface area contributed by atoms with Gasteiger partial charge in [0.2, 0.25) is 0 Å². The van der Waals surface area contributed by atoms with Crippen molar-refractivity contribution in [3.63, 3.8) is 0 Å². The highest BCUT2D eigenvalue weighted by molar-refractivity contribution is 5.72. The lowest BCUT2D eigenvalue weighted by atomic mass is 9.97. The Labute approximate surface area is 126 Å². The van der Waals surface area contributed by atoms with Crippen molar-refractivity contribution in [3.8, 4) is 22.6 Å². The van der Waals surface area contributed by atoms with Gasteiger partial charge < -0.3 is 14.8 Å². The highest BCUT2D eigenvalue weighted by atomic mass is 16.5. The summed E-state index contributed by atoms with van der Waals surface area (Å²) >= 11 is 0. The maximum absolute atomic E-state index is 5.50. The molecule has 0 fully saturated rings. The Morgan fingerprint density at radius 2 is 1.86 bits per heavy atom. The highest BCUT2D eigenvalue weighted by Gasteiger charge is 2.11. The van der Waals surface area contributed by atoms with Gasteiger partial charge in [-0.25, -0.2) is 0 Å². The van der Waals surface area contributed by atoms with Gasteiger partial charge in [0.05, 0.1) is 14.2 Å². The maximum Gasteiger partial charge on any atom is 0.130 e. The summed E-state index contributed by atoms with van der Waals surface area (Å²) in [5.41, 5.74) is 3.52. The zero-order valence-electron chi connectivity index (χ0n) is 13.1. The molecule has 3 heteroatoms. The van der Waals surface area contributed by atoms with E-state index in [1.807, 2.05) is 25.2 Å². The fourth-order valence-corrected chi connectivity index (χ4v) is 2.57. The van der Waals surface area contributed by atoms with Gasteiger partial charge in [0.25, 0.3) is 0 Å². The predicted molar refractivity (Wildman–Crippen MR) is 87.1 cm³/mol. The SMILES string of the molecule is CCC(NC)c1cccc(-c2ccc(OC)cc2OC)c1. The molecule has 0 aliphatic heterocycles. The molecule has 0 radical (unpaired) electrons. The fraction of sp³-hybridized carbons (Fsp3) is 0.333. The Morgan fingerprint density at radius 3 is 2.48 bits per heavy atom. The Kier molecular flexibility index (Phi) is 5.23. The average molecular weight is 285 g/mol. The second-order valence-electron chi connectivity index (χ2n) is 4.94. The minimum absolute atomic E-state index is 0.370. The molecule has 2 rings (SSSR count). The Bertz CT molecular complexity index is 592. The largest absolute Gasteiger partial charge is 0.497 e. The molecule has 0 saturated carbocycles. The van der Waals surface area contributed by atoms with Crippen LogP contribution in [0.1, 0.15) is 24.9 Å². The zero-order chi connectivity index (χ0) is 15.2. The van der Waals surface area contributed by atoms with E-state index >= 15 is 0 Å². The van der Waals surface area contributed by atoms with Crippen LogP contribution >= 0.6 is 0 Å². The number of rotatable bonds is 6. The Morgan fingerprint density at radius 1 is 1.05 bits per heavy atom. The quantitative estimate of drug-likeness (QED) is 0.869. The van der Waals surface area contributed by atoms with E-state index < -0.39 is 0 Å². The van der Waals surface area contributed by atoms with Crippen LogP contribution in [-0.4, -0.2) is 21.3 Å². The van der Waals surface area contributed by atoms with Gasteiger partial charge in [-0.1, -0.05) is 25.1 Å². The third-order valence-corrected chi connectivity index (χ3v) is 3.77. The van der Waals surface area contributed by atoms with Gasteiger partial charge >= 0.3 is 0 Å². The molecular weight excluding hydrogens is 262 g/mol. The average Bonchev–Trinajstić information content (AvgIpc) is 2.55. The molecule has 0 spiro atoms. The fourth-order valence-electron chi connectivity index (χ4n) is 2.57. The summed E-state index contributed by atoms with van der Waals surface area (Å²) in [6.07, 6.45) is 1.06. The van der Waals surface area contributed by atoms with Crippen molar-refractivity contribution >= 4 is 0 Å². The summed E-state index contributed by atoms with van der Waals surface area (Å²) in [7, 11) is 5.34. The summed E-state index contributed by atoms with van der Waals surface area (Å²) in [6, 6.07) is 14.9. The van der Waals surface area contributed by atoms with Crippen molar-refractivity contribution in [1.82, 2.24) is 5.32 Å². The van der Waals surface area contributed by atoms with Gasteiger partial charge in [-0.05, 0) is 42.8 Å². The van der Waals surface area contributed by atoms with Crippen LogP contribution in [0.3, 0.4) is 0 Å². The lowest BCUT2D eigenvalue weighted by Gasteiger charge is -2.16. The van der Waals surface area contributed by atoms with Gasteiger partial charge in [-0.15, -0.1) is 0 Å². The van der Waals surface area contributed by atoms with Crippen molar-refractivity contribution in [2.75, 3.05) is 21.3 Å². The van der Waals surface area contributed by atoms with Gasteiger partial charge in [0, 0.05) is 17.7 Å². The van der Waals surface area contributed by atoms with E-state index in [-0.39, 0.29) is 0 Å². The molecule has 0 aromatic heterocycles. The molecule has 2 aromatic carbocycles. The number of nitrogens with one attached hydrogen (secondary N) is 1. The van der Waals surface area contributed by atoms with E-state index in [4.69, 9.17) is 9.47 Å². The first-order valence-electron chi connectivity index (χ1n) is 7.23. The number of hydrogen-bond donors (Lipinski definition) is 1. The van der Waals surface area contributed by atoms with Crippen LogP contribution in [0.15, 0.2) is 42.5 Å². The van der Waals surface area contributed by atoms with Crippen molar-refractivity contribution in [1.29, 1.82) is 0 Å². The van der Waals surface area contributed by atoms with E-state index in [9.17, 15) is 0 Å². The molecule has 0 saturated heterocycles. The minimum atomic E-state index is 0.370. The lowest BCUT2D eigenvalue weighted by Crippen LogP contribution is -2.15. The molecule has 3 nitrogen and oxygen atoms in total. The second kappa shape index (κ2) is 7.14. The van der Waals surface area contributed by atoms with Crippen LogP contribution in [0.5, 0.6) is 11.5 Å². The van der Waals surface area contributed by atoms with Gasteiger partial charge in [0.1, 0.15) is 11.5 Å². The first-order valence-corrected chi connectivity index (χ1v) is 7.23. The van der Waals surface area contributed by atoms with E-state index in [0.717, 1.165) is 29.0 Å². The molecule has 112 valence electrons. The molecule has 0 aliphatic rings. The van der Waals surface area contributed by atoms with Crippen LogP contribution in [-0.2, 0) is 0 Å². The van der Waals surface area contributed by atoms with Gasteiger partial charge in [0.15, 0.2) is 0 Å². The normalized spacial score (nSPS) is 12.0. The molecule has 0 bridgehead atoms. The molecular formula is C18H23NO2. The van der Waals surface area contributed by atoms with Crippen molar-refractivity contribution < 1.29 is 9.47 Å². The number of hydrogen-bond acceptors (Lipinski definition) is 3. The molecule has 21 heavy (non-hydrogen) atoms. The number of methoxy groups -OCH3 is 2. The smallest absolute Gasteiger partial charge is 0.130 e. The first kappa shape index (κ1) is 15.4. The molecule has 0 amide bonds. The van der Waals surface area contributed by atoms with E-state index in [2.05, 4.69) is 36.5 Å².